The third kappa shape index (κ3) is 5.74. The lowest BCUT2D eigenvalue weighted by Crippen LogP contribution is -2.36. The maximum Gasteiger partial charge on any atom is 0.272 e. The molecule has 0 spiro atoms. The Labute approximate surface area is 206 Å². The molecule has 6 nitrogen and oxygen atoms in total. The van der Waals surface area contributed by atoms with Gasteiger partial charge in [-0.1, -0.05) is 63.2 Å². The highest BCUT2D eigenvalue weighted by molar-refractivity contribution is 5.94. The van der Waals surface area contributed by atoms with Crippen molar-refractivity contribution < 1.29 is 9.18 Å². The number of aromatic nitrogens is 3. The van der Waals surface area contributed by atoms with Crippen molar-refractivity contribution in [2.75, 3.05) is 27.2 Å². The number of amides is 1. The molecule has 182 valence electrons. The van der Waals surface area contributed by atoms with Crippen molar-refractivity contribution in [3.05, 3.63) is 89.5 Å². The summed E-state index contributed by atoms with van der Waals surface area (Å²) in [5.41, 5.74) is 3.83. The molecule has 2 aromatic carbocycles. The minimum Gasteiger partial charge on any atom is -0.332 e. The van der Waals surface area contributed by atoms with Gasteiger partial charge in [-0.2, -0.15) is 5.10 Å². The second-order valence-corrected chi connectivity index (χ2v) is 10.1. The summed E-state index contributed by atoms with van der Waals surface area (Å²) < 4.78 is 15.8. The van der Waals surface area contributed by atoms with E-state index in [1.807, 2.05) is 66.4 Å². The Morgan fingerprint density at radius 3 is 2.37 bits per heavy atom. The van der Waals surface area contributed by atoms with E-state index in [-0.39, 0.29) is 17.1 Å². The van der Waals surface area contributed by atoms with E-state index in [1.165, 1.54) is 12.1 Å². The van der Waals surface area contributed by atoms with Crippen LogP contribution in [-0.4, -0.2) is 57.5 Å². The molecular formula is C28H32FN5O. The lowest BCUT2D eigenvalue weighted by molar-refractivity contribution is 0.0726. The van der Waals surface area contributed by atoms with Gasteiger partial charge in [0.05, 0.1) is 11.4 Å². The number of rotatable bonds is 7. The summed E-state index contributed by atoms with van der Waals surface area (Å²) in [6.45, 7) is 7.97. The Morgan fingerprint density at radius 1 is 0.971 bits per heavy atom. The Balaban J connectivity index is 1.82. The summed E-state index contributed by atoms with van der Waals surface area (Å²) in [5.74, 6) is -0.519. The molecule has 0 saturated carbocycles. The van der Waals surface area contributed by atoms with Crippen LogP contribution in [0.15, 0.2) is 66.7 Å². The summed E-state index contributed by atoms with van der Waals surface area (Å²) in [5, 5.41) is 4.76. The van der Waals surface area contributed by atoms with Crippen molar-refractivity contribution in [2.45, 2.75) is 32.7 Å². The molecule has 0 unspecified atom stereocenters. The summed E-state index contributed by atoms with van der Waals surface area (Å²) >= 11 is 0. The van der Waals surface area contributed by atoms with Gasteiger partial charge in [-0.15, -0.1) is 0 Å². The molecule has 0 N–H and O–H groups in total. The van der Waals surface area contributed by atoms with Crippen molar-refractivity contribution in [3.8, 4) is 11.3 Å². The highest BCUT2D eigenvalue weighted by Crippen LogP contribution is 2.27. The molecule has 1 amide bonds. The van der Waals surface area contributed by atoms with Gasteiger partial charge in [0.15, 0.2) is 5.65 Å². The normalized spacial score (nSPS) is 11.9. The zero-order chi connectivity index (χ0) is 25.2. The van der Waals surface area contributed by atoms with E-state index < -0.39 is 0 Å². The molecule has 0 aliphatic carbocycles. The maximum absolute atomic E-state index is 14.1. The number of fused-ring (bicyclic) bond motifs is 1. The molecule has 35 heavy (non-hydrogen) atoms. The van der Waals surface area contributed by atoms with Crippen LogP contribution in [-0.2, 0) is 12.0 Å². The van der Waals surface area contributed by atoms with Crippen LogP contribution in [0.25, 0.3) is 16.9 Å². The van der Waals surface area contributed by atoms with Crippen molar-refractivity contribution in [3.63, 3.8) is 0 Å². The van der Waals surface area contributed by atoms with E-state index in [2.05, 4.69) is 20.8 Å². The fourth-order valence-corrected chi connectivity index (χ4v) is 3.84. The predicted molar refractivity (Wildman–Crippen MR) is 137 cm³/mol. The molecular weight excluding hydrogens is 441 g/mol. The van der Waals surface area contributed by atoms with Crippen molar-refractivity contribution in [2.24, 2.45) is 0 Å². The number of likely N-dealkylation sites (N-methyl/N-ethyl adjacent to an activating group) is 1. The van der Waals surface area contributed by atoms with Crippen LogP contribution < -0.4 is 0 Å². The average molecular weight is 474 g/mol. The average Bonchev–Trinajstić information content (AvgIpc) is 3.26. The van der Waals surface area contributed by atoms with E-state index in [0.717, 1.165) is 17.8 Å². The second kappa shape index (κ2) is 9.96. The van der Waals surface area contributed by atoms with E-state index in [9.17, 15) is 9.18 Å². The SMILES string of the molecule is CN(C)CCN(Cc1ccccc1)C(=O)c1cc(-c2cccc(F)c2)n2nc(C(C)(C)C)cc2n1. The van der Waals surface area contributed by atoms with E-state index in [1.54, 1.807) is 16.6 Å². The van der Waals surface area contributed by atoms with Gasteiger partial charge in [0.25, 0.3) is 5.91 Å². The largest absolute Gasteiger partial charge is 0.332 e. The fourth-order valence-electron chi connectivity index (χ4n) is 3.84. The maximum atomic E-state index is 14.1. The first kappa shape index (κ1) is 24.5. The van der Waals surface area contributed by atoms with Crippen LogP contribution in [0.4, 0.5) is 4.39 Å². The van der Waals surface area contributed by atoms with E-state index in [4.69, 9.17) is 10.1 Å². The van der Waals surface area contributed by atoms with Crippen molar-refractivity contribution >= 4 is 11.6 Å². The molecule has 0 fully saturated rings. The molecule has 2 heterocycles. The Kier molecular flexibility index (Phi) is 6.98. The minimum atomic E-state index is -0.347. The lowest BCUT2D eigenvalue weighted by atomic mass is 9.93. The van der Waals surface area contributed by atoms with Gasteiger partial charge in [-0.05, 0) is 37.9 Å². The van der Waals surface area contributed by atoms with Gasteiger partial charge in [0, 0.05) is 36.7 Å². The van der Waals surface area contributed by atoms with Gasteiger partial charge in [-0.3, -0.25) is 4.79 Å². The predicted octanol–water partition coefficient (Wildman–Crippen LogP) is 5.04. The number of hydrogen-bond donors (Lipinski definition) is 0. The fraction of sp³-hybridized carbons (Fsp3) is 0.321. The summed E-state index contributed by atoms with van der Waals surface area (Å²) in [6.07, 6.45) is 0. The molecule has 0 radical (unpaired) electrons. The molecule has 2 aromatic heterocycles. The van der Waals surface area contributed by atoms with E-state index >= 15 is 0 Å². The standard InChI is InChI=1S/C28H32FN5O/c1-28(2,3)25-18-26-30-23(17-24(34(26)31-25)21-12-9-13-22(29)16-21)27(35)33(15-14-32(4)5)19-20-10-7-6-8-11-20/h6-13,16-18H,14-15,19H2,1-5H3. The molecule has 4 aromatic rings. The number of carbonyl (C=O) groups is 1. The first-order valence-electron chi connectivity index (χ1n) is 11.8. The Morgan fingerprint density at radius 2 is 1.71 bits per heavy atom. The molecule has 0 aliphatic heterocycles. The quantitative estimate of drug-likeness (QED) is 0.378. The first-order valence-corrected chi connectivity index (χ1v) is 11.8. The van der Waals surface area contributed by atoms with Gasteiger partial charge >= 0.3 is 0 Å². The van der Waals surface area contributed by atoms with Gasteiger partial charge in [0.1, 0.15) is 11.5 Å². The zero-order valence-electron chi connectivity index (χ0n) is 21.0. The summed E-state index contributed by atoms with van der Waals surface area (Å²) in [4.78, 5) is 22.4. The highest BCUT2D eigenvalue weighted by atomic mass is 19.1. The first-order chi connectivity index (χ1) is 16.6. The van der Waals surface area contributed by atoms with Crippen LogP contribution in [0, 0.1) is 5.82 Å². The Hall–Kier alpha value is -3.58. The van der Waals surface area contributed by atoms with E-state index in [0.29, 0.717) is 35.7 Å². The summed E-state index contributed by atoms with van der Waals surface area (Å²) in [6, 6.07) is 19.9. The Bertz CT molecular complexity index is 1320. The number of nitrogens with zero attached hydrogens (tertiary/aromatic N) is 5. The molecule has 0 aliphatic rings. The summed E-state index contributed by atoms with van der Waals surface area (Å²) in [7, 11) is 3.97. The number of hydrogen-bond acceptors (Lipinski definition) is 4. The molecule has 0 atom stereocenters. The monoisotopic (exact) mass is 473 g/mol. The minimum absolute atomic E-state index is 0.172. The second-order valence-electron chi connectivity index (χ2n) is 10.1. The van der Waals surface area contributed by atoms with Crippen LogP contribution in [0.3, 0.4) is 0 Å². The van der Waals surface area contributed by atoms with Gasteiger partial charge in [-0.25, -0.2) is 13.9 Å². The third-order valence-electron chi connectivity index (χ3n) is 5.86. The zero-order valence-corrected chi connectivity index (χ0v) is 21.0. The highest BCUT2D eigenvalue weighted by Gasteiger charge is 2.24. The van der Waals surface area contributed by atoms with Crippen molar-refractivity contribution in [1.82, 2.24) is 24.4 Å². The van der Waals surface area contributed by atoms with Crippen molar-refractivity contribution in [1.29, 1.82) is 0 Å². The van der Waals surface area contributed by atoms with Gasteiger partial charge in [0.2, 0.25) is 0 Å². The molecule has 7 heteroatoms. The molecule has 0 saturated heterocycles. The van der Waals surface area contributed by atoms with Gasteiger partial charge < -0.3 is 9.80 Å². The molecule has 4 rings (SSSR count). The van der Waals surface area contributed by atoms with Crippen LogP contribution >= 0.6 is 0 Å². The third-order valence-corrected chi connectivity index (χ3v) is 5.86. The van der Waals surface area contributed by atoms with Crippen LogP contribution in [0.5, 0.6) is 0 Å². The molecule has 0 bridgehead atoms. The number of benzene rings is 2. The van der Waals surface area contributed by atoms with Crippen LogP contribution in [0.1, 0.15) is 42.5 Å². The lowest BCUT2D eigenvalue weighted by Gasteiger charge is -2.24. The smallest absolute Gasteiger partial charge is 0.272 e. The topological polar surface area (TPSA) is 53.7 Å². The number of carbonyl (C=O) groups excluding carboxylic acids is 1. The van der Waals surface area contributed by atoms with Crippen LogP contribution in [0.2, 0.25) is 0 Å². The number of halogens is 1.